The largest absolute Gasteiger partial charge is 0.480 e. The standard InChI is InChI=1S/C13H18N4O3/c18-12(19)11-9-3-1-2-8(9)7-17(11)13(20)16-6-10-14-4-5-15-10/h4-5,8-9,11H,1-3,6-7H2,(H,14,15)(H,16,20)(H,18,19). The lowest BCUT2D eigenvalue weighted by Gasteiger charge is -2.24. The van der Waals surface area contributed by atoms with Crippen LogP contribution in [0.5, 0.6) is 0 Å². The van der Waals surface area contributed by atoms with Gasteiger partial charge in [0.25, 0.3) is 0 Å². The second-order valence-corrected chi connectivity index (χ2v) is 5.48. The number of carbonyl (C=O) groups is 2. The summed E-state index contributed by atoms with van der Waals surface area (Å²) in [6, 6.07) is -0.998. The molecular formula is C13H18N4O3. The molecule has 0 spiro atoms. The highest BCUT2D eigenvalue weighted by atomic mass is 16.4. The number of aromatic amines is 1. The molecule has 3 rings (SSSR count). The second kappa shape index (κ2) is 5.15. The van der Waals surface area contributed by atoms with Crippen LogP contribution in [-0.2, 0) is 11.3 Å². The van der Waals surface area contributed by atoms with Crippen molar-refractivity contribution in [3.63, 3.8) is 0 Å². The lowest BCUT2D eigenvalue weighted by Crippen LogP contribution is -2.47. The van der Waals surface area contributed by atoms with E-state index in [4.69, 9.17) is 0 Å². The number of carbonyl (C=O) groups excluding carboxylic acids is 1. The summed E-state index contributed by atoms with van der Waals surface area (Å²) in [5.74, 6) is 0.212. The fourth-order valence-electron chi connectivity index (χ4n) is 3.49. The fourth-order valence-corrected chi connectivity index (χ4v) is 3.49. The van der Waals surface area contributed by atoms with Gasteiger partial charge >= 0.3 is 12.0 Å². The molecule has 7 nitrogen and oxygen atoms in total. The molecule has 3 atom stereocenters. The van der Waals surface area contributed by atoms with Gasteiger partial charge in [-0.1, -0.05) is 6.42 Å². The van der Waals surface area contributed by atoms with Crippen LogP contribution in [0, 0.1) is 11.8 Å². The van der Waals surface area contributed by atoms with Crippen LogP contribution in [0.4, 0.5) is 4.79 Å². The quantitative estimate of drug-likeness (QED) is 0.761. The zero-order valence-corrected chi connectivity index (χ0v) is 11.1. The van der Waals surface area contributed by atoms with Crippen molar-refractivity contribution in [2.75, 3.05) is 6.54 Å². The molecule has 0 bridgehead atoms. The average molecular weight is 278 g/mol. The van der Waals surface area contributed by atoms with E-state index in [1.54, 1.807) is 12.4 Å². The van der Waals surface area contributed by atoms with Crippen molar-refractivity contribution < 1.29 is 14.7 Å². The van der Waals surface area contributed by atoms with Crippen molar-refractivity contribution in [3.8, 4) is 0 Å². The Labute approximate surface area is 116 Å². The van der Waals surface area contributed by atoms with Crippen molar-refractivity contribution in [1.82, 2.24) is 20.2 Å². The summed E-state index contributed by atoms with van der Waals surface area (Å²) < 4.78 is 0. The van der Waals surface area contributed by atoms with Crippen LogP contribution >= 0.6 is 0 Å². The first kappa shape index (κ1) is 13.0. The maximum Gasteiger partial charge on any atom is 0.326 e. The van der Waals surface area contributed by atoms with E-state index in [-0.39, 0.29) is 18.5 Å². The van der Waals surface area contributed by atoms with E-state index in [0.717, 1.165) is 19.3 Å². The van der Waals surface area contributed by atoms with Crippen molar-refractivity contribution in [2.24, 2.45) is 11.8 Å². The molecule has 1 aliphatic carbocycles. The molecule has 1 saturated carbocycles. The summed E-state index contributed by atoms with van der Waals surface area (Å²) in [4.78, 5) is 32.0. The van der Waals surface area contributed by atoms with Gasteiger partial charge in [0.05, 0.1) is 6.54 Å². The van der Waals surface area contributed by atoms with Crippen LogP contribution in [-0.4, -0.2) is 44.6 Å². The first-order valence-electron chi connectivity index (χ1n) is 6.92. The van der Waals surface area contributed by atoms with E-state index in [9.17, 15) is 14.7 Å². The minimum Gasteiger partial charge on any atom is -0.480 e. The Morgan fingerprint density at radius 3 is 3.05 bits per heavy atom. The molecule has 2 heterocycles. The molecule has 0 aromatic carbocycles. The smallest absolute Gasteiger partial charge is 0.326 e. The van der Waals surface area contributed by atoms with E-state index < -0.39 is 12.0 Å². The topological polar surface area (TPSA) is 98.3 Å². The third-order valence-electron chi connectivity index (χ3n) is 4.37. The van der Waals surface area contributed by atoms with Crippen LogP contribution in [0.3, 0.4) is 0 Å². The minimum atomic E-state index is -0.896. The second-order valence-electron chi connectivity index (χ2n) is 5.48. The number of hydrogen-bond donors (Lipinski definition) is 3. The number of likely N-dealkylation sites (tertiary alicyclic amines) is 1. The number of imidazole rings is 1. The predicted octanol–water partition coefficient (Wildman–Crippen LogP) is 0.804. The molecule has 108 valence electrons. The van der Waals surface area contributed by atoms with Gasteiger partial charge in [0.1, 0.15) is 11.9 Å². The molecule has 3 unspecified atom stereocenters. The molecule has 1 aromatic heterocycles. The Bertz CT molecular complexity index is 502. The highest BCUT2D eigenvalue weighted by Crippen LogP contribution is 2.42. The van der Waals surface area contributed by atoms with Gasteiger partial charge in [-0.25, -0.2) is 14.6 Å². The average Bonchev–Trinajstić information content (AvgIpc) is 3.10. The zero-order valence-electron chi connectivity index (χ0n) is 11.1. The molecule has 7 heteroatoms. The highest BCUT2D eigenvalue weighted by molar-refractivity contribution is 5.83. The summed E-state index contributed by atoms with van der Waals surface area (Å²) in [6.07, 6.45) is 6.30. The van der Waals surface area contributed by atoms with Crippen molar-refractivity contribution in [2.45, 2.75) is 31.8 Å². The Morgan fingerprint density at radius 1 is 1.50 bits per heavy atom. The lowest BCUT2D eigenvalue weighted by molar-refractivity contribution is -0.142. The minimum absolute atomic E-state index is 0.113. The van der Waals surface area contributed by atoms with Crippen LogP contribution in [0.15, 0.2) is 12.4 Å². The van der Waals surface area contributed by atoms with Gasteiger partial charge in [-0.05, 0) is 24.7 Å². The fraction of sp³-hybridized carbons (Fsp3) is 0.615. The molecule has 0 radical (unpaired) electrons. The first-order chi connectivity index (χ1) is 9.66. The first-order valence-corrected chi connectivity index (χ1v) is 6.92. The van der Waals surface area contributed by atoms with E-state index in [1.807, 2.05) is 0 Å². The van der Waals surface area contributed by atoms with Gasteiger partial charge in [0, 0.05) is 18.9 Å². The molecule has 3 N–H and O–H groups in total. The third-order valence-corrected chi connectivity index (χ3v) is 4.37. The van der Waals surface area contributed by atoms with Crippen LogP contribution in [0.2, 0.25) is 0 Å². The van der Waals surface area contributed by atoms with Crippen molar-refractivity contribution >= 4 is 12.0 Å². The van der Waals surface area contributed by atoms with Gasteiger partial charge in [-0.3, -0.25) is 0 Å². The van der Waals surface area contributed by atoms with Gasteiger partial charge in [0.2, 0.25) is 0 Å². The third kappa shape index (κ3) is 2.23. The number of carboxylic acids is 1. The summed E-state index contributed by atoms with van der Waals surface area (Å²) in [5.41, 5.74) is 0. The summed E-state index contributed by atoms with van der Waals surface area (Å²) in [5, 5.41) is 12.1. The molecule has 2 aliphatic rings. The normalized spacial score (nSPS) is 28.4. The van der Waals surface area contributed by atoms with Gasteiger partial charge in [0.15, 0.2) is 0 Å². The summed E-state index contributed by atoms with van der Waals surface area (Å²) in [6.45, 7) is 0.829. The maximum atomic E-state index is 12.2. The highest BCUT2D eigenvalue weighted by Gasteiger charge is 2.49. The maximum absolute atomic E-state index is 12.2. The van der Waals surface area contributed by atoms with E-state index in [0.29, 0.717) is 18.3 Å². The lowest BCUT2D eigenvalue weighted by atomic mass is 9.94. The van der Waals surface area contributed by atoms with Gasteiger partial charge < -0.3 is 20.3 Å². The Morgan fingerprint density at radius 2 is 2.35 bits per heavy atom. The van der Waals surface area contributed by atoms with Crippen molar-refractivity contribution in [1.29, 1.82) is 0 Å². The molecule has 2 amide bonds. The van der Waals surface area contributed by atoms with Crippen LogP contribution in [0.25, 0.3) is 0 Å². The number of carboxylic acid groups (broad SMARTS) is 1. The number of H-pyrrole nitrogens is 1. The number of urea groups is 1. The van der Waals surface area contributed by atoms with Crippen LogP contribution in [0.1, 0.15) is 25.1 Å². The number of hydrogen-bond acceptors (Lipinski definition) is 3. The number of aromatic nitrogens is 2. The number of aliphatic carboxylic acids is 1. The Hall–Kier alpha value is -2.05. The number of fused-ring (bicyclic) bond motifs is 1. The summed E-state index contributed by atoms with van der Waals surface area (Å²) in [7, 11) is 0. The Balaban J connectivity index is 1.65. The van der Waals surface area contributed by atoms with Crippen LogP contribution < -0.4 is 5.32 Å². The zero-order chi connectivity index (χ0) is 14.1. The molecule has 1 aliphatic heterocycles. The van der Waals surface area contributed by atoms with Gasteiger partial charge in [-0.15, -0.1) is 0 Å². The molecule has 2 fully saturated rings. The molecule has 1 saturated heterocycles. The summed E-state index contributed by atoms with van der Waals surface area (Å²) >= 11 is 0. The molecule has 1 aromatic rings. The number of amides is 2. The molecule has 20 heavy (non-hydrogen) atoms. The molecular weight excluding hydrogens is 260 g/mol. The van der Waals surface area contributed by atoms with E-state index in [2.05, 4.69) is 15.3 Å². The SMILES string of the molecule is O=C(O)C1C2CCCC2CN1C(=O)NCc1ncc[nH]1. The van der Waals surface area contributed by atoms with Crippen molar-refractivity contribution in [3.05, 3.63) is 18.2 Å². The van der Waals surface area contributed by atoms with E-state index >= 15 is 0 Å². The van der Waals surface area contributed by atoms with Gasteiger partial charge in [-0.2, -0.15) is 0 Å². The monoisotopic (exact) mass is 278 g/mol. The Kier molecular flexibility index (Phi) is 3.33. The predicted molar refractivity (Wildman–Crippen MR) is 69.8 cm³/mol. The number of rotatable bonds is 3. The number of nitrogens with zero attached hydrogens (tertiary/aromatic N) is 2. The number of nitrogens with one attached hydrogen (secondary N) is 2. The van der Waals surface area contributed by atoms with E-state index in [1.165, 1.54) is 4.90 Å².